The summed E-state index contributed by atoms with van der Waals surface area (Å²) < 4.78 is 5.08. The molecule has 0 radical (unpaired) electrons. The van der Waals surface area contributed by atoms with E-state index in [1.54, 1.807) is 0 Å². The van der Waals surface area contributed by atoms with Crippen molar-refractivity contribution in [3.05, 3.63) is 30.0 Å². The van der Waals surface area contributed by atoms with Crippen molar-refractivity contribution in [2.75, 3.05) is 0 Å². The Balaban J connectivity index is 2.40. The summed E-state index contributed by atoms with van der Waals surface area (Å²) in [5.41, 5.74) is 1.19. The van der Waals surface area contributed by atoms with Crippen LogP contribution in [0.4, 0.5) is 0 Å². The molecule has 4 nitrogen and oxygen atoms in total. The predicted molar refractivity (Wildman–Crippen MR) is 56.6 cm³/mol. The van der Waals surface area contributed by atoms with Gasteiger partial charge in [-0.2, -0.15) is 5.10 Å². The second kappa shape index (κ2) is 3.73. The lowest BCUT2D eigenvalue weighted by Gasteiger charge is -2.05. The molecule has 0 amide bonds. The normalized spacial score (nSPS) is 10.9. The van der Waals surface area contributed by atoms with E-state index in [4.69, 9.17) is 4.74 Å². The van der Waals surface area contributed by atoms with Gasteiger partial charge in [-0.05, 0) is 19.9 Å². The van der Waals surface area contributed by atoms with Crippen molar-refractivity contribution in [3.63, 3.8) is 0 Å². The molecule has 78 valence electrons. The molecule has 0 aliphatic heterocycles. The fraction of sp³-hybridized carbons (Fsp3) is 0.273. The Morgan fingerprint density at radius 3 is 2.87 bits per heavy atom. The van der Waals surface area contributed by atoms with Crippen LogP contribution in [0, 0.1) is 0 Å². The highest BCUT2D eigenvalue weighted by atomic mass is 16.5. The van der Waals surface area contributed by atoms with Gasteiger partial charge in [0.25, 0.3) is 0 Å². The van der Waals surface area contributed by atoms with Crippen molar-refractivity contribution in [1.29, 1.82) is 0 Å². The molecule has 1 aromatic carbocycles. The fourth-order valence-corrected chi connectivity index (χ4v) is 1.39. The zero-order chi connectivity index (χ0) is 10.8. The minimum Gasteiger partial charge on any atom is -0.458 e. The molecule has 0 aliphatic rings. The third-order valence-corrected chi connectivity index (χ3v) is 2.01. The van der Waals surface area contributed by atoms with Crippen molar-refractivity contribution < 1.29 is 9.53 Å². The molecule has 15 heavy (non-hydrogen) atoms. The van der Waals surface area contributed by atoms with Gasteiger partial charge < -0.3 is 4.74 Å². The zero-order valence-corrected chi connectivity index (χ0v) is 8.65. The minimum atomic E-state index is -0.387. The van der Waals surface area contributed by atoms with Gasteiger partial charge in [0.05, 0.1) is 11.6 Å². The number of rotatable bonds is 2. The molecule has 0 atom stereocenters. The largest absolute Gasteiger partial charge is 0.458 e. The Hall–Kier alpha value is -1.84. The second-order valence-corrected chi connectivity index (χ2v) is 3.57. The summed E-state index contributed by atoms with van der Waals surface area (Å²) in [6, 6.07) is 7.46. The fourth-order valence-electron chi connectivity index (χ4n) is 1.39. The standard InChI is InChI=1S/C11H12N2O2/c1-7(2)15-11(14)10-8-5-3-4-6-9(8)12-13-10/h3-7H,1-2H3,(H,12,13). The molecule has 1 heterocycles. The number of nitrogens with one attached hydrogen (secondary N) is 1. The number of ether oxygens (including phenoxy) is 1. The van der Waals surface area contributed by atoms with Gasteiger partial charge in [-0.1, -0.05) is 18.2 Å². The first-order valence-corrected chi connectivity index (χ1v) is 4.82. The predicted octanol–water partition coefficient (Wildman–Crippen LogP) is 2.13. The second-order valence-electron chi connectivity index (χ2n) is 3.57. The van der Waals surface area contributed by atoms with Crippen LogP contribution in [0.1, 0.15) is 24.3 Å². The molecule has 1 N–H and O–H groups in total. The van der Waals surface area contributed by atoms with Gasteiger partial charge in [0.15, 0.2) is 5.69 Å². The molecule has 0 aliphatic carbocycles. The number of hydrogen-bond acceptors (Lipinski definition) is 3. The van der Waals surface area contributed by atoms with Crippen molar-refractivity contribution in [2.45, 2.75) is 20.0 Å². The first kappa shape index (κ1) is 9.71. The molecule has 2 aromatic rings. The molecule has 0 fully saturated rings. The number of para-hydroxylation sites is 1. The molecule has 0 spiro atoms. The lowest BCUT2D eigenvalue weighted by Crippen LogP contribution is -2.12. The Morgan fingerprint density at radius 2 is 2.13 bits per heavy atom. The van der Waals surface area contributed by atoms with E-state index in [1.165, 1.54) is 0 Å². The van der Waals surface area contributed by atoms with Crippen LogP contribution in [0.25, 0.3) is 10.9 Å². The number of aromatic amines is 1. The number of aromatic nitrogens is 2. The number of nitrogens with zero attached hydrogens (tertiary/aromatic N) is 1. The van der Waals surface area contributed by atoms with E-state index in [0.717, 1.165) is 10.9 Å². The van der Waals surface area contributed by atoms with Crippen LogP contribution in [0.2, 0.25) is 0 Å². The zero-order valence-electron chi connectivity index (χ0n) is 8.65. The van der Waals surface area contributed by atoms with Gasteiger partial charge in [-0.3, -0.25) is 5.10 Å². The quantitative estimate of drug-likeness (QED) is 0.762. The molecule has 0 saturated heterocycles. The first-order chi connectivity index (χ1) is 7.18. The molecular formula is C11H12N2O2. The summed E-state index contributed by atoms with van der Waals surface area (Å²) in [5, 5.41) is 7.53. The molecule has 0 unspecified atom stereocenters. The van der Waals surface area contributed by atoms with Crippen LogP contribution >= 0.6 is 0 Å². The lowest BCUT2D eigenvalue weighted by atomic mass is 10.2. The minimum absolute atomic E-state index is 0.132. The third-order valence-electron chi connectivity index (χ3n) is 2.01. The van der Waals surface area contributed by atoms with Crippen LogP contribution in [0.15, 0.2) is 24.3 Å². The average Bonchev–Trinajstić information content (AvgIpc) is 2.59. The van der Waals surface area contributed by atoms with Gasteiger partial charge in [0, 0.05) is 5.39 Å². The average molecular weight is 204 g/mol. The van der Waals surface area contributed by atoms with Gasteiger partial charge in [0.2, 0.25) is 0 Å². The number of benzene rings is 1. The van der Waals surface area contributed by atoms with Crippen LogP contribution in [-0.4, -0.2) is 22.3 Å². The summed E-state index contributed by atoms with van der Waals surface area (Å²) in [4.78, 5) is 11.6. The van der Waals surface area contributed by atoms with Crippen molar-refractivity contribution in [2.24, 2.45) is 0 Å². The van der Waals surface area contributed by atoms with E-state index < -0.39 is 0 Å². The maximum absolute atomic E-state index is 11.6. The highest BCUT2D eigenvalue weighted by Gasteiger charge is 2.15. The summed E-state index contributed by atoms with van der Waals surface area (Å²) in [6.45, 7) is 3.62. The van der Waals surface area contributed by atoms with E-state index in [0.29, 0.717) is 5.69 Å². The number of carbonyl (C=O) groups excluding carboxylic acids is 1. The topological polar surface area (TPSA) is 55.0 Å². The third kappa shape index (κ3) is 1.83. The maximum atomic E-state index is 11.6. The Morgan fingerprint density at radius 1 is 1.40 bits per heavy atom. The molecule has 0 bridgehead atoms. The Kier molecular flexibility index (Phi) is 2.41. The summed E-state index contributed by atoms with van der Waals surface area (Å²) in [5.74, 6) is -0.387. The monoisotopic (exact) mass is 204 g/mol. The molecule has 1 aromatic heterocycles. The van der Waals surface area contributed by atoms with E-state index in [9.17, 15) is 4.79 Å². The number of esters is 1. The summed E-state index contributed by atoms with van der Waals surface area (Å²) >= 11 is 0. The number of H-pyrrole nitrogens is 1. The first-order valence-electron chi connectivity index (χ1n) is 4.82. The number of hydrogen-bond donors (Lipinski definition) is 1. The smallest absolute Gasteiger partial charge is 0.359 e. The van der Waals surface area contributed by atoms with Crippen molar-refractivity contribution >= 4 is 16.9 Å². The van der Waals surface area contributed by atoms with Crippen LogP contribution in [0.5, 0.6) is 0 Å². The van der Waals surface area contributed by atoms with Gasteiger partial charge in [-0.15, -0.1) is 0 Å². The van der Waals surface area contributed by atoms with Crippen LogP contribution in [0.3, 0.4) is 0 Å². The van der Waals surface area contributed by atoms with Gasteiger partial charge in [-0.25, -0.2) is 4.79 Å². The number of fused-ring (bicyclic) bond motifs is 1. The maximum Gasteiger partial charge on any atom is 0.359 e. The highest BCUT2D eigenvalue weighted by molar-refractivity contribution is 6.01. The Bertz CT molecular complexity index is 488. The van der Waals surface area contributed by atoms with Crippen LogP contribution in [-0.2, 0) is 4.74 Å². The van der Waals surface area contributed by atoms with Crippen molar-refractivity contribution in [3.8, 4) is 0 Å². The SMILES string of the molecule is CC(C)OC(=O)c1n[nH]c2ccccc12. The molecule has 4 heteroatoms. The van der Waals surface area contributed by atoms with E-state index >= 15 is 0 Å². The van der Waals surface area contributed by atoms with E-state index in [-0.39, 0.29) is 12.1 Å². The molecule has 2 rings (SSSR count). The van der Waals surface area contributed by atoms with Gasteiger partial charge >= 0.3 is 5.97 Å². The van der Waals surface area contributed by atoms with E-state index in [2.05, 4.69) is 10.2 Å². The molecule has 0 saturated carbocycles. The highest BCUT2D eigenvalue weighted by Crippen LogP contribution is 2.16. The lowest BCUT2D eigenvalue weighted by molar-refractivity contribution is 0.0373. The molecular weight excluding hydrogens is 192 g/mol. The Labute approximate surface area is 87.2 Å². The summed E-state index contributed by atoms with van der Waals surface area (Å²) in [7, 11) is 0. The van der Waals surface area contributed by atoms with Gasteiger partial charge in [0.1, 0.15) is 0 Å². The van der Waals surface area contributed by atoms with E-state index in [1.807, 2.05) is 38.1 Å². The summed E-state index contributed by atoms with van der Waals surface area (Å²) in [6.07, 6.45) is -0.132. The van der Waals surface area contributed by atoms with Crippen molar-refractivity contribution in [1.82, 2.24) is 10.2 Å². The van der Waals surface area contributed by atoms with Crippen LogP contribution < -0.4 is 0 Å². The number of carbonyl (C=O) groups is 1.